The zero-order valence-corrected chi connectivity index (χ0v) is 17.1. The lowest BCUT2D eigenvalue weighted by atomic mass is 10.2. The number of unbranched alkanes of at least 4 members (excludes halogenated alkanes) is 3. The van der Waals surface area contributed by atoms with Crippen molar-refractivity contribution in [1.29, 1.82) is 0 Å². The first-order chi connectivity index (χ1) is 11.5. The van der Waals surface area contributed by atoms with E-state index < -0.39 is 0 Å². The summed E-state index contributed by atoms with van der Waals surface area (Å²) in [4.78, 5) is 12.1. The van der Waals surface area contributed by atoms with Crippen molar-refractivity contribution in [2.45, 2.75) is 80.1 Å². The van der Waals surface area contributed by atoms with Crippen LogP contribution >= 0.6 is 0 Å². The second-order valence-corrected chi connectivity index (χ2v) is 6.47. The molecular weight excluding hydrogens is 294 g/mol. The van der Waals surface area contributed by atoms with E-state index in [2.05, 4.69) is 44.7 Å². The summed E-state index contributed by atoms with van der Waals surface area (Å²) in [6.45, 7) is 15.9. The number of rotatable bonds is 9. The van der Waals surface area contributed by atoms with E-state index in [9.17, 15) is 4.79 Å². The molecule has 0 bridgehead atoms. The molecule has 0 fully saturated rings. The van der Waals surface area contributed by atoms with Crippen LogP contribution in [0.2, 0.25) is 0 Å². The molecule has 1 aromatic carbocycles. The van der Waals surface area contributed by atoms with E-state index in [1.807, 2.05) is 18.2 Å². The van der Waals surface area contributed by atoms with Crippen LogP contribution < -0.4 is 0 Å². The molecule has 24 heavy (non-hydrogen) atoms. The van der Waals surface area contributed by atoms with Crippen molar-refractivity contribution in [3.63, 3.8) is 0 Å². The molecule has 0 radical (unpaired) electrons. The second kappa shape index (κ2) is 19.9. The number of carbonyl (C=O) groups is 1. The molecule has 0 N–H and O–H groups in total. The molecule has 0 aliphatic carbocycles. The minimum Gasteiger partial charge on any atom is -0.303 e. The first-order valence-corrected chi connectivity index (χ1v) is 9.68. The third-order valence-corrected chi connectivity index (χ3v) is 3.42. The van der Waals surface area contributed by atoms with Gasteiger partial charge in [-0.3, -0.25) is 0 Å². The number of aryl methyl sites for hydroxylation is 1. The fourth-order valence-electron chi connectivity index (χ4n) is 2.01. The Kier molecular flexibility index (Phi) is 20.8. The minimum atomic E-state index is 0.167. The van der Waals surface area contributed by atoms with E-state index in [1.165, 1.54) is 77.6 Å². The molecule has 0 aliphatic rings. The van der Waals surface area contributed by atoms with E-state index in [0.29, 0.717) is 0 Å². The van der Waals surface area contributed by atoms with Gasteiger partial charge in [0.05, 0.1) is 0 Å². The number of nitrogens with zero attached hydrogens (tertiary/aromatic N) is 1. The maximum atomic E-state index is 9.44. The predicted molar refractivity (Wildman–Crippen MR) is 109 cm³/mol. The van der Waals surface area contributed by atoms with Gasteiger partial charge in [0, 0.05) is 0 Å². The van der Waals surface area contributed by atoms with E-state index in [0.717, 1.165) is 0 Å². The molecule has 0 saturated carbocycles. The van der Waals surface area contributed by atoms with Crippen molar-refractivity contribution < 1.29 is 4.79 Å². The SMILES string of the molecule is CC(C)=O.CCCCN(CCCC)CCCC.Cc1ccccc1. The molecule has 0 aromatic heterocycles. The quantitative estimate of drug-likeness (QED) is 0.529. The zero-order valence-electron chi connectivity index (χ0n) is 17.1. The Morgan fingerprint density at radius 1 is 0.792 bits per heavy atom. The van der Waals surface area contributed by atoms with Gasteiger partial charge < -0.3 is 9.69 Å². The van der Waals surface area contributed by atoms with Gasteiger partial charge in [-0.25, -0.2) is 0 Å². The van der Waals surface area contributed by atoms with Gasteiger partial charge in [0.25, 0.3) is 0 Å². The highest BCUT2D eigenvalue weighted by Gasteiger charge is 2.01. The molecule has 0 spiro atoms. The van der Waals surface area contributed by atoms with Crippen LogP contribution in [0, 0.1) is 6.92 Å². The Morgan fingerprint density at radius 3 is 1.33 bits per heavy atom. The smallest absolute Gasteiger partial charge is 0.126 e. The first-order valence-electron chi connectivity index (χ1n) is 9.68. The Hall–Kier alpha value is -1.15. The van der Waals surface area contributed by atoms with E-state index in [-0.39, 0.29) is 5.78 Å². The Morgan fingerprint density at radius 2 is 1.12 bits per heavy atom. The lowest BCUT2D eigenvalue weighted by Crippen LogP contribution is -2.27. The number of ketones is 1. The van der Waals surface area contributed by atoms with Crippen LogP contribution in [-0.2, 0) is 4.79 Å². The summed E-state index contributed by atoms with van der Waals surface area (Å²) in [6, 6.07) is 10.3. The van der Waals surface area contributed by atoms with E-state index in [4.69, 9.17) is 0 Å². The molecule has 0 atom stereocenters. The van der Waals surface area contributed by atoms with Gasteiger partial charge in [0.15, 0.2) is 0 Å². The standard InChI is InChI=1S/C12H27N.C7H8.C3H6O/c1-4-7-10-13(11-8-5-2)12-9-6-3;1-7-5-3-2-4-6-7;1-3(2)4/h4-12H2,1-3H3;2-6H,1H3;1-2H3. The molecule has 140 valence electrons. The molecule has 2 heteroatoms. The molecule has 1 rings (SSSR count). The van der Waals surface area contributed by atoms with Gasteiger partial charge >= 0.3 is 0 Å². The van der Waals surface area contributed by atoms with Gasteiger partial charge in [-0.05, 0) is 59.7 Å². The summed E-state index contributed by atoms with van der Waals surface area (Å²) in [7, 11) is 0. The molecule has 2 nitrogen and oxygen atoms in total. The van der Waals surface area contributed by atoms with Crippen LogP contribution in [0.3, 0.4) is 0 Å². The third-order valence-electron chi connectivity index (χ3n) is 3.42. The number of benzene rings is 1. The van der Waals surface area contributed by atoms with Crippen molar-refractivity contribution in [2.75, 3.05) is 19.6 Å². The predicted octanol–water partition coefficient (Wildman–Crippen LogP) is 6.28. The van der Waals surface area contributed by atoms with Crippen LogP contribution in [0.1, 0.15) is 78.7 Å². The van der Waals surface area contributed by atoms with Gasteiger partial charge in [-0.2, -0.15) is 0 Å². The van der Waals surface area contributed by atoms with Gasteiger partial charge in [0.2, 0.25) is 0 Å². The van der Waals surface area contributed by atoms with Crippen molar-refractivity contribution in [2.24, 2.45) is 0 Å². The van der Waals surface area contributed by atoms with Gasteiger partial charge in [-0.15, -0.1) is 0 Å². The highest BCUT2D eigenvalue weighted by molar-refractivity contribution is 5.72. The molecule has 0 heterocycles. The topological polar surface area (TPSA) is 20.3 Å². The number of hydrogen-bond acceptors (Lipinski definition) is 2. The fraction of sp³-hybridized carbons (Fsp3) is 0.682. The van der Waals surface area contributed by atoms with Crippen LogP contribution in [0.25, 0.3) is 0 Å². The molecule has 0 aliphatic heterocycles. The van der Waals surface area contributed by atoms with Crippen molar-refractivity contribution in [3.8, 4) is 0 Å². The largest absolute Gasteiger partial charge is 0.303 e. The highest BCUT2D eigenvalue weighted by atomic mass is 16.1. The van der Waals surface area contributed by atoms with Crippen LogP contribution in [0.5, 0.6) is 0 Å². The number of Topliss-reactive ketones (excluding diaryl/α,β-unsaturated/α-hetero) is 1. The third kappa shape index (κ3) is 23.1. The molecular formula is C22H41NO. The average molecular weight is 336 g/mol. The van der Waals surface area contributed by atoms with Gasteiger partial charge in [0.1, 0.15) is 5.78 Å². The van der Waals surface area contributed by atoms with E-state index in [1.54, 1.807) is 0 Å². The summed E-state index contributed by atoms with van der Waals surface area (Å²) in [5, 5.41) is 0. The summed E-state index contributed by atoms with van der Waals surface area (Å²) in [5.74, 6) is 0.167. The molecule has 0 saturated heterocycles. The summed E-state index contributed by atoms with van der Waals surface area (Å²) in [5.41, 5.74) is 1.32. The summed E-state index contributed by atoms with van der Waals surface area (Å²) in [6.07, 6.45) is 8.09. The minimum absolute atomic E-state index is 0.167. The summed E-state index contributed by atoms with van der Waals surface area (Å²) < 4.78 is 0. The Bertz CT molecular complexity index is 338. The van der Waals surface area contributed by atoms with Gasteiger partial charge in [-0.1, -0.05) is 75.9 Å². The highest BCUT2D eigenvalue weighted by Crippen LogP contribution is 2.01. The van der Waals surface area contributed by atoms with Crippen LogP contribution in [-0.4, -0.2) is 30.3 Å². The first kappa shape index (κ1) is 25.1. The summed E-state index contributed by atoms with van der Waals surface area (Å²) >= 11 is 0. The Labute approximate surface area is 151 Å². The number of carbonyl (C=O) groups excluding carboxylic acids is 1. The lowest BCUT2D eigenvalue weighted by molar-refractivity contribution is -0.114. The Balaban J connectivity index is 0. The molecule has 0 unspecified atom stereocenters. The van der Waals surface area contributed by atoms with E-state index >= 15 is 0 Å². The second-order valence-electron chi connectivity index (χ2n) is 6.47. The number of hydrogen-bond donors (Lipinski definition) is 0. The average Bonchev–Trinajstić information content (AvgIpc) is 2.55. The van der Waals surface area contributed by atoms with Crippen molar-refractivity contribution >= 4 is 5.78 Å². The maximum absolute atomic E-state index is 9.44. The molecule has 1 aromatic rings. The van der Waals surface area contributed by atoms with Crippen molar-refractivity contribution in [3.05, 3.63) is 35.9 Å². The molecule has 0 amide bonds. The fourth-order valence-corrected chi connectivity index (χ4v) is 2.01. The lowest BCUT2D eigenvalue weighted by Gasteiger charge is -2.21. The van der Waals surface area contributed by atoms with Crippen LogP contribution in [0.4, 0.5) is 0 Å². The monoisotopic (exact) mass is 335 g/mol. The normalized spacial score (nSPS) is 9.62. The maximum Gasteiger partial charge on any atom is 0.126 e. The van der Waals surface area contributed by atoms with Crippen LogP contribution in [0.15, 0.2) is 30.3 Å². The zero-order chi connectivity index (χ0) is 18.6. The van der Waals surface area contributed by atoms with Crippen molar-refractivity contribution in [1.82, 2.24) is 4.90 Å².